The number of hydrogen-bond acceptors (Lipinski definition) is 2. The molecule has 1 fully saturated rings. The van der Waals surface area contributed by atoms with Gasteiger partial charge in [0, 0.05) is 12.5 Å². The average molecular weight is 230 g/mol. The zero-order chi connectivity index (χ0) is 8.55. The number of aromatic nitrogens is 3. The first kappa shape index (κ1) is 8.23. The predicted octanol–water partition coefficient (Wildman–Crippen LogP) is 2.07. The zero-order valence-corrected chi connectivity index (χ0v) is 8.71. The molecule has 1 aromatic rings. The van der Waals surface area contributed by atoms with Gasteiger partial charge in [0.2, 0.25) is 0 Å². The molecule has 0 N–H and O–H groups in total. The Hall–Kier alpha value is -0.380. The lowest BCUT2D eigenvalue weighted by atomic mass is 10.4. The maximum absolute atomic E-state index is 4.20. The fourth-order valence-corrected chi connectivity index (χ4v) is 1.85. The Labute approximate surface area is 80.3 Å². The minimum Gasteiger partial charge on any atom is -0.314 e. The van der Waals surface area contributed by atoms with Crippen molar-refractivity contribution in [3.63, 3.8) is 0 Å². The van der Waals surface area contributed by atoms with Crippen molar-refractivity contribution >= 4 is 15.9 Å². The molecule has 1 saturated carbocycles. The van der Waals surface area contributed by atoms with Gasteiger partial charge in [0.15, 0.2) is 0 Å². The zero-order valence-electron chi connectivity index (χ0n) is 7.13. The van der Waals surface area contributed by atoms with Crippen LogP contribution in [0.3, 0.4) is 0 Å². The van der Waals surface area contributed by atoms with Gasteiger partial charge >= 0.3 is 0 Å². The summed E-state index contributed by atoms with van der Waals surface area (Å²) < 4.78 is 2.21. The van der Waals surface area contributed by atoms with E-state index in [0.29, 0.717) is 5.92 Å². The molecule has 1 aliphatic rings. The Morgan fingerprint density at radius 1 is 1.50 bits per heavy atom. The van der Waals surface area contributed by atoms with Crippen LogP contribution < -0.4 is 0 Å². The van der Waals surface area contributed by atoms with Gasteiger partial charge in [0.05, 0.1) is 5.33 Å². The summed E-state index contributed by atoms with van der Waals surface area (Å²) in [6.07, 6.45) is 2.58. The first-order chi connectivity index (χ1) is 5.86. The molecule has 12 heavy (non-hydrogen) atoms. The Morgan fingerprint density at radius 3 is 2.75 bits per heavy atom. The highest BCUT2D eigenvalue weighted by atomic mass is 79.9. The van der Waals surface area contributed by atoms with Crippen LogP contribution in [0.4, 0.5) is 0 Å². The number of rotatable bonds is 3. The second-order valence-corrected chi connectivity index (χ2v) is 3.69. The van der Waals surface area contributed by atoms with Crippen LogP contribution in [0.1, 0.15) is 37.3 Å². The summed E-state index contributed by atoms with van der Waals surface area (Å²) in [5.41, 5.74) is 0. The van der Waals surface area contributed by atoms with Crippen molar-refractivity contribution in [1.29, 1.82) is 0 Å². The van der Waals surface area contributed by atoms with Crippen molar-refractivity contribution < 1.29 is 0 Å². The third kappa shape index (κ3) is 1.28. The maximum atomic E-state index is 4.20. The Bertz CT molecular complexity index is 278. The molecule has 0 aromatic carbocycles. The van der Waals surface area contributed by atoms with Gasteiger partial charge in [-0.05, 0) is 19.8 Å². The fourth-order valence-electron chi connectivity index (χ4n) is 1.44. The van der Waals surface area contributed by atoms with Crippen LogP contribution >= 0.6 is 15.9 Å². The van der Waals surface area contributed by atoms with E-state index in [9.17, 15) is 0 Å². The molecule has 0 amide bonds. The van der Waals surface area contributed by atoms with Gasteiger partial charge in [-0.25, -0.2) is 0 Å². The normalized spacial score (nSPS) is 16.8. The standard InChI is InChI=1S/C8H12BrN3/c1-2-12-7(5-9)10-11-8(12)6-3-4-6/h6H,2-5H2,1H3. The van der Waals surface area contributed by atoms with E-state index in [-0.39, 0.29) is 0 Å². The highest BCUT2D eigenvalue weighted by Crippen LogP contribution is 2.39. The summed E-state index contributed by atoms with van der Waals surface area (Å²) in [6.45, 7) is 3.13. The van der Waals surface area contributed by atoms with E-state index in [4.69, 9.17) is 0 Å². The summed E-state index contributed by atoms with van der Waals surface area (Å²) in [7, 11) is 0. The van der Waals surface area contributed by atoms with E-state index in [1.807, 2.05) is 0 Å². The van der Waals surface area contributed by atoms with Crippen molar-refractivity contribution in [2.75, 3.05) is 0 Å². The molecule has 3 nitrogen and oxygen atoms in total. The molecule has 0 unspecified atom stereocenters. The third-order valence-corrected chi connectivity index (χ3v) is 2.74. The van der Waals surface area contributed by atoms with Gasteiger partial charge in [-0.3, -0.25) is 0 Å². The molecule has 1 aliphatic carbocycles. The minimum atomic E-state index is 0.699. The molecular weight excluding hydrogens is 218 g/mol. The summed E-state index contributed by atoms with van der Waals surface area (Å²) in [5.74, 6) is 2.94. The number of halogens is 1. The minimum absolute atomic E-state index is 0.699. The smallest absolute Gasteiger partial charge is 0.143 e. The molecule has 0 saturated heterocycles. The summed E-state index contributed by atoms with van der Waals surface area (Å²) in [6, 6.07) is 0. The lowest BCUT2D eigenvalue weighted by Crippen LogP contribution is -2.03. The van der Waals surface area contributed by atoms with Crippen LogP contribution in [0.2, 0.25) is 0 Å². The molecule has 66 valence electrons. The summed E-state index contributed by atoms with van der Waals surface area (Å²) >= 11 is 3.41. The SMILES string of the molecule is CCn1c(CBr)nnc1C1CC1. The van der Waals surface area contributed by atoms with Gasteiger partial charge in [-0.2, -0.15) is 0 Å². The monoisotopic (exact) mass is 229 g/mol. The fraction of sp³-hybridized carbons (Fsp3) is 0.750. The van der Waals surface area contributed by atoms with Crippen LogP contribution in [-0.4, -0.2) is 14.8 Å². The summed E-state index contributed by atoms with van der Waals surface area (Å²) in [4.78, 5) is 0. The first-order valence-electron chi connectivity index (χ1n) is 4.34. The van der Waals surface area contributed by atoms with Crippen molar-refractivity contribution in [3.8, 4) is 0 Å². The van der Waals surface area contributed by atoms with E-state index in [1.54, 1.807) is 0 Å². The molecule has 0 bridgehead atoms. The van der Waals surface area contributed by atoms with E-state index in [1.165, 1.54) is 18.7 Å². The third-order valence-electron chi connectivity index (χ3n) is 2.23. The molecule has 0 spiro atoms. The number of hydrogen-bond donors (Lipinski definition) is 0. The lowest BCUT2D eigenvalue weighted by molar-refractivity contribution is 0.679. The average Bonchev–Trinajstić information content (AvgIpc) is 2.85. The van der Waals surface area contributed by atoms with Crippen molar-refractivity contribution in [1.82, 2.24) is 14.8 Å². The molecule has 1 aromatic heterocycles. The Kier molecular flexibility index (Phi) is 2.17. The Morgan fingerprint density at radius 2 is 2.25 bits per heavy atom. The quantitative estimate of drug-likeness (QED) is 0.744. The van der Waals surface area contributed by atoms with Crippen molar-refractivity contribution in [2.24, 2.45) is 0 Å². The molecule has 0 radical (unpaired) electrons. The lowest BCUT2D eigenvalue weighted by Gasteiger charge is -2.03. The molecule has 2 rings (SSSR count). The highest BCUT2D eigenvalue weighted by molar-refractivity contribution is 9.08. The van der Waals surface area contributed by atoms with Gasteiger partial charge in [0.1, 0.15) is 11.6 Å². The second-order valence-electron chi connectivity index (χ2n) is 3.13. The molecule has 0 atom stereocenters. The van der Waals surface area contributed by atoms with E-state index in [0.717, 1.165) is 17.7 Å². The largest absolute Gasteiger partial charge is 0.314 e. The van der Waals surface area contributed by atoms with E-state index >= 15 is 0 Å². The Balaban J connectivity index is 2.33. The van der Waals surface area contributed by atoms with Crippen molar-refractivity contribution in [2.45, 2.75) is 37.6 Å². The predicted molar refractivity (Wildman–Crippen MR) is 50.3 cm³/mol. The molecule has 4 heteroatoms. The van der Waals surface area contributed by atoms with Gasteiger partial charge in [-0.15, -0.1) is 10.2 Å². The molecular formula is C8H12BrN3. The van der Waals surface area contributed by atoms with Crippen molar-refractivity contribution in [3.05, 3.63) is 11.6 Å². The highest BCUT2D eigenvalue weighted by Gasteiger charge is 2.29. The van der Waals surface area contributed by atoms with Crippen LogP contribution in [-0.2, 0) is 11.9 Å². The number of nitrogens with zero attached hydrogens (tertiary/aromatic N) is 3. The van der Waals surface area contributed by atoms with Gasteiger partial charge in [0.25, 0.3) is 0 Å². The van der Waals surface area contributed by atoms with Crippen LogP contribution in [0.5, 0.6) is 0 Å². The number of alkyl halides is 1. The van der Waals surface area contributed by atoms with E-state index < -0.39 is 0 Å². The van der Waals surface area contributed by atoms with Crippen LogP contribution in [0.25, 0.3) is 0 Å². The summed E-state index contributed by atoms with van der Waals surface area (Å²) in [5, 5.41) is 9.14. The molecule has 0 aliphatic heterocycles. The van der Waals surface area contributed by atoms with Crippen LogP contribution in [0, 0.1) is 0 Å². The van der Waals surface area contributed by atoms with Gasteiger partial charge in [-0.1, -0.05) is 15.9 Å². The van der Waals surface area contributed by atoms with E-state index in [2.05, 4.69) is 37.6 Å². The first-order valence-corrected chi connectivity index (χ1v) is 5.47. The molecule has 1 heterocycles. The van der Waals surface area contributed by atoms with Crippen LogP contribution in [0.15, 0.2) is 0 Å². The topological polar surface area (TPSA) is 30.7 Å². The second kappa shape index (κ2) is 3.17. The maximum Gasteiger partial charge on any atom is 0.143 e. The van der Waals surface area contributed by atoms with Gasteiger partial charge < -0.3 is 4.57 Å².